The summed E-state index contributed by atoms with van der Waals surface area (Å²) in [7, 11) is 1.64. The van der Waals surface area contributed by atoms with E-state index in [-0.39, 0.29) is 6.54 Å². The molecule has 2 nitrogen and oxygen atoms in total. The quantitative estimate of drug-likeness (QED) is 0.897. The Balaban J connectivity index is 2.56. The molecule has 102 valence electrons. The molecule has 1 rings (SSSR count). The second-order valence-electron chi connectivity index (χ2n) is 4.23. The van der Waals surface area contributed by atoms with Gasteiger partial charge in [-0.1, -0.05) is 23.7 Å². The third-order valence-corrected chi connectivity index (χ3v) is 2.92. The summed E-state index contributed by atoms with van der Waals surface area (Å²) < 4.78 is 36.2. The molecule has 6 heteroatoms. The van der Waals surface area contributed by atoms with Crippen LogP contribution in [0.3, 0.4) is 0 Å². The molecular weight excluding hydrogens is 265 g/mol. The van der Waals surface area contributed by atoms with E-state index in [4.69, 9.17) is 17.3 Å². The fourth-order valence-corrected chi connectivity index (χ4v) is 1.80. The Kier molecular flexibility index (Phi) is 5.44. The van der Waals surface area contributed by atoms with Gasteiger partial charge in [0.25, 0.3) is 0 Å². The lowest BCUT2D eigenvalue weighted by molar-refractivity contribution is -0.137. The Morgan fingerprint density at radius 1 is 1.33 bits per heavy atom. The molecule has 0 aliphatic rings. The molecule has 1 aromatic rings. The summed E-state index contributed by atoms with van der Waals surface area (Å²) in [5.41, 5.74) is 7.18. The first-order valence-electron chi connectivity index (χ1n) is 5.54. The fourth-order valence-electron chi connectivity index (χ4n) is 1.53. The van der Waals surface area contributed by atoms with E-state index in [9.17, 15) is 13.2 Å². The van der Waals surface area contributed by atoms with E-state index in [0.717, 1.165) is 11.1 Å². The van der Waals surface area contributed by atoms with Crippen molar-refractivity contribution in [2.45, 2.75) is 25.7 Å². The molecule has 0 aromatic heterocycles. The first-order valence-corrected chi connectivity index (χ1v) is 5.92. The van der Waals surface area contributed by atoms with Crippen molar-refractivity contribution in [1.82, 2.24) is 4.90 Å². The number of rotatable bonds is 5. The topological polar surface area (TPSA) is 29.3 Å². The van der Waals surface area contributed by atoms with Gasteiger partial charge in [0.05, 0.1) is 6.42 Å². The number of hydrogen-bond acceptors (Lipinski definition) is 2. The van der Waals surface area contributed by atoms with Crippen LogP contribution in [0.15, 0.2) is 18.2 Å². The van der Waals surface area contributed by atoms with Gasteiger partial charge >= 0.3 is 6.18 Å². The van der Waals surface area contributed by atoms with Crippen LogP contribution in [0, 0.1) is 0 Å². The number of benzene rings is 1. The van der Waals surface area contributed by atoms with Gasteiger partial charge in [-0.3, -0.25) is 0 Å². The van der Waals surface area contributed by atoms with Gasteiger partial charge in [-0.05, 0) is 24.2 Å². The number of alkyl halides is 3. The van der Waals surface area contributed by atoms with E-state index in [1.54, 1.807) is 24.1 Å². The number of hydrogen-bond donors (Lipinski definition) is 1. The van der Waals surface area contributed by atoms with Crippen LogP contribution in [0.25, 0.3) is 0 Å². The van der Waals surface area contributed by atoms with Gasteiger partial charge in [0.1, 0.15) is 0 Å². The third kappa shape index (κ3) is 5.25. The number of halogens is 4. The van der Waals surface area contributed by atoms with Gasteiger partial charge < -0.3 is 10.6 Å². The second kappa shape index (κ2) is 6.41. The van der Waals surface area contributed by atoms with Crippen molar-refractivity contribution in [1.29, 1.82) is 0 Å². The molecule has 0 heterocycles. The predicted octanol–water partition coefficient (Wildman–Crippen LogP) is 3.18. The molecular formula is C12H16ClF3N2. The van der Waals surface area contributed by atoms with Crippen molar-refractivity contribution in [2.24, 2.45) is 5.73 Å². The zero-order valence-electron chi connectivity index (χ0n) is 10.1. The molecule has 18 heavy (non-hydrogen) atoms. The van der Waals surface area contributed by atoms with Gasteiger partial charge in [-0.2, -0.15) is 13.2 Å². The number of nitrogens with zero attached hydrogens (tertiary/aromatic N) is 1. The Bertz CT molecular complexity index is 393. The molecule has 0 bridgehead atoms. The summed E-state index contributed by atoms with van der Waals surface area (Å²) in [5.74, 6) is 0. The summed E-state index contributed by atoms with van der Waals surface area (Å²) in [5, 5.41) is 0.539. The Morgan fingerprint density at radius 3 is 2.50 bits per heavy atom. The van der Waals surface area contributed by atoms with E-state index >= 15 is 0 Å². The molecule has 1 aromatic carbocycles. The largest absolute Gasteiger partial charge is 0.390 e. The van der Waals surface area contributed by atoms with Crippen LogP contribution in [-0.2, 0) is 13.1 Å². The fraction of sp³-hybridized carbons (Fsp3) is 0.500. The Morgan fingerprint density at radius 2 is 2.00 bits per heavy atom. The lowest BCUT2D eigenvalue weighted by Crippen LogP contribution is -2.24. The Hall–Kier alpha value is -0.780. The summed E-state index contributed by atoms with van der Waals surface area (Å²) in [6, 6.07) is 5.38. The molecule has 0 atom stereocenters. The van der Waals surface area contributed by atoms with Gasteiger partial charge in [0, 0.05) is 24.7 Å². The summed E-state index contributed by atoms with van der Waals surface area (Å²) in [6.45, 7) is 0.738. The monoisotopic (exact) mass is 280 g/mol. The molecule has 0 aliphatic carbocycles. The first kappa shape index (κ1) is 15.3. The minimum Gasteiger partial charge on any atom is -0.326 e. The van der Waals surface area contributed by atoms with Crippen LogP contribution < -0.4 is 5.73 Å². The minimum absolute atomic E-state index is 0.0432. The van der Waals surface area contributed by atoms with E-state index in [0.29, 0.717) is 18.1 Å². The van der Waals surface area contributed by atoms with Gasteiger partial charge in [-0.15, -0.1) is 0 Å². The molecule has 2 N–H and O–H groups in total. The Labute approximate surface area is 110 Å². The maximum atomic E-state index is 12.1. The van der Waals surface area contributed by atoms with E-state index in [1.165, 1.54) is 0 Å². The normalized spacial score (nSPS) is 12.2. The van der Waals surface area contributed by atoms with Crippen LogP contribution >= 0.6 is 11.6 Å². The van der Waals surface area contributed by atoms with Crippen LogP contribution in [-0.4, -0.2) is 24.7 Å². The van der Waals surface area contributed by atoms with E-state index in [2.05, 4.69) is 0 Å². The van der Waals surface area contributed by atoms with Crippen molar-refractivity contribution in [3.8, 4) is 0 Å². The zero-order valence-corrected chi connectivity index (χ0v) is 10.9. The molecule has 0 amide bonds. The summed E-state index contributed by atoms with van der Waals surface area (Å²) >= 11 is 6.04. The van der Waals surface area contributed by atoms with Crippen molar-refractivity contribution in [3.63, 3.8) is 0 Å². The van der Waals surface area contributed by atoms with Gasteiger partial charge in [-0.25, -0.2) is 0 Å². The van der Waals surface area contributed by atoms with Crippen molar-refractivity contribution >= 4 is 11.6 Å². The second-order valence-corrected chi connectivity index (χ2v) is 4.64. The van der Waals surface area contributed by atoms with Crippen molar-refractivity contribution < 1.29 is 13.2 Å². The number of nitrogens with two attached hydrogens (primary N) is 1. The minimum atomic E-state index is -4.12. The molecule has 0 unspecified atom stereocenters. The van der Waals surface area contributed by atoms with E-state index in [1.807, 2.05) is 6.07 Å². The molecule has 0 aliphatic heterocycles. The SMILES string of the molecule is CN(CCC(F)(F)F)Cc1ccc(CN)cc1Cl. The van der Waals surface area contributed by atoms with Gasteiger partial charge in [0.2, 0.25) is 0 Å². The van der Waals surface area contributed by atoms with E-state index < -0.39 is 12.6 Å². The van der Waals surface area contributed by atoms with Crippen molar-refractivity contribution in [2.75, 3.05) is 13.6 Å². The predicted molar refractivity (Wildman–Crippen MR) is 66.3 cm³/mol. The molecule has 0 spiro atoms. The highest BCUT2D eigenvalue weighted by molar-refractivity contribution is 6.31. The van der Waals surface area contributed by atoms with Crippen molar-refractivity contribution in [3.05, 3.63) is 34.3 Å². The highest BCUT2D eigenvalue weighted by atomic mass is 35.5. The van der Waals surface area contributed by atoms with Crippen LogP contribution in [0.5, 0.6) is 0 Å². The standard InChI is InChI=1S/C12H16ClF3N2/c1-18(5-4-12(14,15)16)8-10-3-2-9(7-17)6-11(10)13/h2-3,6H,4-5,7-8,17H2,1H3. The highest BCUT2D eigenvalue weighted by Gasteiger charge is 2.27. The lowest BCUT2D eigenvalue weighted by atomic mass is 10.1. The molecule has 0 saturated carbocycles. The first-order chi connectivity index (χ1) is 8.31. The zero-order chi connectivity index (χ0) is 13.8. The summed E-state index contributed by atoms with van der Waals surface area (Å²) in [4.78, 5) is 1.59. The van der Waals surface area contributed by atoms with Crippen LogP contribution in [0.2, 0.25) is 5.02 Å². The highest BCUT2D eigenvalue weighted by Crippen LogP contribution is 2.22. The third-order valence-electron chi connectivity index (χ3n) is 2.57. The summed E-state index contributed by atoms with van der Waals surface area (Å²) in [6.07, 6.45) is -4.94. The van der Waals surface area contributed by atoms with Crippen LogP contribution in [0.4, 0.5) is 13.2 Å². The molecule has 0 radical (unpaired) electrons. The van der Waals surface area contributed by atoms with Crippen LogP contribution in [0.1, 0.15) is 17.5 Å². The average molecular weight is 281 g/mol. The molecule has 0 fully saturated rings. The average Bonchev–Trinajstić information content (AvgIpc) is 2.28. The smallest absolute Gasteiger partial charge is 0.326 e. The van der Waals surface area contributed by atoms with Gasteiger partial charge in [0.15, 0.2) is 0 Å². The lowest BCUT2D eigenvalue weighted by Gasteiger charge is -2.18. The maximum Gasteiger partial charge on any atom is 0.390 e. The maximum absolute atomic E-state index is 12.1. The molecule has 0 saturated heterocycles.